The summed E-state index contributed by atoms with van der Waals surface area (Å²) in [5.74, 6) is -0.0618. The number of aryl methyl sites for hydroxylation is 1. The molecule has 2 aromatic heterocycles. The third-order valence-electron chi connectivity index (χ3n) is 1.96. The number of carboxylic acid groups (broad SMARTS) is 1. The molecule has 0 aliphatic carbocycles. The van der Waals surface area contributed by atoms with Crippen LogP contribution < -0.4 is 29.6 Å². The van der Waals surface area contributed by atoms with Gasteiger partial charge in [0.25, 0.3) is 0 Å². The molecule has 0 unspecified atom stereocenters. The standard InChI is InChI=1S/C9H8N2O2.Na.H/c1-6-10-5-8-4-7(9(12)13)2-3-11(6)8;;/h2-5H,1H3,(H,12,13);;/q;+1;-1. The molecule has 0 radical (unpaired) electrons. The third-order valence-corrected chi connectivity index (χ3v) is 1.96. The van der Waals surface area contributed by atoms with Gasteiger partial charge in [-0.15, -0.1) is 0 Å². The summed E-state index contributed by atoms with van der Waals surface area (Å²) in [6.45, 7) is 1.87. The van der Waals surface area contributed by atoms with E-state index in [2.05, 4.69) is 4.98 Å². The van der Waals surface area contributed by atoms with E-state index in [1.165, 1.54) is 0 Å². The maximum Gasteiger partial charge on any atom is 1.00 e. The summed E-state index contributed by atoms with van der Waals surface area (Å²) in [4.78, 5) is 14.7. The number of hydrogen-bond acceptors (Lipinski definition) is 2. The number of pyridine rings is 1. The summed E-state index contributed by atoms with van der Waals surface area (Å²) in [7, 11) is 0. The van der Waals surface area contributed by atoms with Crippen molar-refractivity contribution in [2.45, 2.75) is 6.92 Å². The zero-order valence-electron chi connectivity index (χ0n) is 9.06. The second-order valence-corrected chi connectivity index (χ2v) is 2.82. The predicted molar refractivity (Wildman–Crippen MR) is 48.0 cm³/mol. The molecule has 14 heavy (non-hydrogen) atoms. The van der Waals surface area contributed by atoms with Crippen molar-refractivity contribution in [2.75, 3.05) is 0 Å². The first-order valence-electron chi connectivity index (χ1n) is 3.85. The number of rotatable bonds is 1. The van der Waals surface area contributed by atoms with Gasteiger partial charge in [0.2, 0.25) is 0 Å². The quantitative estimate of drug-likeness (QED) is 0.567. The molecule has 0 saturated carbocycles. The van der Waals surface area contributed by atoms with Gasteiger partial charge in [-0.3, -0.25) is 0 Å². The fourth-order valence-electron chi connectivity index (χ4n) is 1.27. The summed E-state index contributed by atoms with van der Waals surface area (Å²) in [5.41, 5.74) is 1.09. The normalized spacial score (nSPS) is 9.79. The monoisotopic (exact) mass is 200 g/mol. The van der Waals surface area contributed by atoms with Crippen LogP contribution in [0.4, 0.5) is 0 Å². The first-order chi connectivity index (χ1) is 6.18. The average Bonchev–Trinajstić information content (AvgIpc) is 2.47. The van der Waals surface area contributed by atoms with Gasteiger partial charge in [-0.1, -0.05) is 0 Å². The molecule has 0 fully saturated rings. The van der Waals surface area contributed by atoms with Crippen LogP contribution in [0.15, 0.2) is 24.5 Å². The minimum Gasteiger partial charge on any atom is -1.00 e. The van der Waals surface area contributed by atoms with Crippen LogP contribution >= 0.6 is 0 Å². The molecule has 2 heterocycles. The molecule has 68 valence electrons. The van der Waals surface area contributed by atoms with Crippen LogP contribution in [-0.4, -0.2) is 20.5 Å². The molecule has 0 aromatic carbocycles. The van der Waals surface area contributed by atoms with Crippen LogP contribution in [0.2, 0.25) is 0 Å². The summed E-state index contributed by atoms with van der Waals surface area (Å²) < 4.78 is 1.84. The zero-order valence-corrected chi connectivity index (χ0v) is 10.1. The van der Waals surface area contributed by atoms with Crippen molar-refractivity contribution in [3.05, 3.63) is 35.9 Å². The zero-order chi connectivity index (χ0) is 9.42. The molecule has 1 N–H and O–H groups in total. The van der Waals surface area contributed by atoms with E-state index in [4.69, 9.17) is 5.11 Å². The summed E-state index contributed by atoms with van der Waals surface area (Å²) in [5, 5.41) is 8.72. The summed E-state index contributed by atoms with van der Waals surface area (Å²) >= 11 is 0. The van der Waals surface area contributed by atoms with Crippen molar-refractivity contribution < 1.29 is 40.9 Å². The Morgan fingerprint density at radius 3 is 3.00 bits per heavy atom. The Balaban J connectivity index is 0.000000980. The predicted octanol–water partition coefficient (Wildman–Crippen LogP) is -1.54. The van der Waals surface area contributed by atoms with E-state index in [1.807, 2.05) is 11.3 Å². The van der Waals surface area contributed by atoms with Crippen molar-refractivity contribution in [2.24, 2.45) is 0 Å². The molecule has 4 nitrogen and oxygen atoms in total. The molecule has 0 aliphatic rings. The largest absolute Gasteiger partial charge is 1.00 e. The van der Waals surface area contributed by atoms with E-state index in [9.17, 15) is 4.79 Å². The van der Waals surface area contributed by atoms with Gasteiger partial charge in [0.1, 0.15) is 5.82 Å². The van der Waals surface area contributed by atoms with Crippen molar-refractivity contribution >= 4 is 11.5 Å². The van der Waals surface area contributed by atoms with Gasteiger partial charge in [-0.2, -0.15) is 0 Å². The van der Waals surface area contributed by atoms with Crippen molar-refractivity contribution in [1.82, 2.24) is 9.38 Å². The van der Waals surface area contributed by atoms with E-state index in [0.717, 1.165) is 11.3 Å². The van der Waals surface area contributed by atoms with Gasteiger partial charge in [-0.25, -0.2) is 9.78 Å². The van der Waals surface area contributed by atoms with Crippen molar-refractivity contribution in [3.63, 3.8) is 0 Å². The van der Waals surface area contributed by atoms with Gasteiger partial charge in [0.15, 0.2) is 0 Å². The first-order valence-corrected chi connectivity index (χ1v) is 3.85. The van der Waals surface area contributed by atoms with E-state index in [-0.39, 0.29) is 36.5 Å². The maximum atomic E-state index is 10.6. The Labute approximate surface area is 104 Å². The number of aromatic nitrogens is 2. The Morgan fingerprint density at radius 1 is 1.64 bits per heavy atom. The van der Waals surface area contributed by atoms with Gasteiger partial charge in [0, 0.05) is 6.20 Å². The molecule has 0 aliphatic heterocycles. The Bertz CT molecular complexity index is 484. The molecule has 5 heteroatoms. The minimum atomic E-state index is -0.915. The molecule has 2 rings (SSSR count). The van der Waals surface area contributed by atoms with Gasteiger partial charge < -0.3 is 10.9 Å². The number of fused-ring (bicyclic) bond motifs is 1. The van der Waals surface area contributed by atoms with E-state index in [1.54, 1.807) is 24.5 Å². The van der Waals surface area contributed by atoms with Crippen LogP contribution in [0.5, 0.6) is 0 Å². The number of carbonyl (C=O) groups is 1. The third kappa shape index (κ3) is 1.82. The van der Waals surface area contributed by atoms with Crippen LogP contribution in [0.1, 0.15) is 17.6 Å². The van der Waals surface area contributed by atoms with Crippen LogP contribution in [0.3, 0.4) is 0 Å². The molecule has 0 bridgehead atoms. The van der Waals surface area contributed by atoms with E-state index in [0.29, 0.717) is 0 Å². The second-order valence-electron chi connectivity index (χ2n) is 2.82. The fourth-order valence-corrected chi connectivity index (χ4v) is 1.27. The molecule has 2 aromatic rings. The topological polar surface area (TPSA) is 54.6 Å². The number of carboxylic acids is 1. The first kappa shape index (κ1) is 11.2. The Kier molecular flexibility index (Phi) is 3.31. The molecule has 0 amide bonds. The fraction of sp³-hybridized carbons (Fsp3) is 0.111. The van der Waals surface area contributed by atoms with Crippen LogP contribution in [0.25, 0.3) is 5.52 Å². The minimum absolute atomic E-state index is 0. The van der Waals surface area contributed by atoms with Crippen LogP contribution in [0, 0.1) is 6.92 Å². The number of imidazole rings is 1. The number of hydrogen-bond donors (Lipinski definition) is 1. The molecule has 0 atom stereocenters. The number of nitrogens with zero attached hydrogens (tertiary/aromatic N) is 2. The SMILES string of the molecule is Cc1ncc2cc(C(=O)O)ccn12.[H-].[Na+]. The molecular formula is C9H9N2NaO2. The van der Waals surface area contributed by atoms with Gasteiger partial charge in [0.05, 0.1) is 17.3 Å². The maximum absolute atomic E-state index is 10.6. The Hall–Kier alpha value is -0.840. The van der Waals surface area contributed by atoms with Crippen LogP contribution in [-0.2, 0) is 0 Å². The smallest absolute Gasteiger partial charge is 1.00 e. The summed E-state index contributed by atoms with van der Waals surface area (Å²) in [6, 6.07) is 3.16. The van der Waals surface area contributed by atoms with Crippen molar-refractivity contribution in [1.29, 1.82) is 0 Å². The van der Waals surface area contributed by atoms with Gasteiger partial charge in [-0.05, 0) is 19.1 Å². The van der Waals surface area contributed by atoms with E-state index >= 15 is 0 Å². The second kappa shape index (κ2) is 4.13. The van der Waals surface area contributed by atoms with E-state index < -0.39 is 5.97 Å². The number of aromatic carboxylic acids is 1. The molecular weight excluding hydrogens is 191 g/mol. The van der Waals surface area contributed by atoms with Crippen molar-refractivity contribution in [3.8, 4) is 0 Å². The average molecular weight is 200 g/mol. The molecule has 0 spiro atoms. The summed E-state index contributed by atoms with van der Waals surface area (Å²) in [6.07, 6.45) is 3.36. The van der Waals surface area contributed by atoms with Gasteiger partial charge >= 0.3 is 35.5 Å². The molecule has 0 saturated heterocycles. The Morgan fingerprint density at radius 2 is 2.36 bits per heavy atom.